The Hall–Kier alpha value is -1.52. The zero-order valence-electron chi connectivity index (χ0n) is 12.4. The summed E-state index contributed by atoms with van der Waals surface area (Å²) in [6.45, 7) is 6.00. The van der Waals surface area contributed by atoms with E-state index in [1.807, 2.05) is 24.3 Å². The quantitative estimate of drug-likeness (QED) is 0.817. The molecule has 20 heavy (non-hydrogen) atoms. The van der Waals surface area contributed by atoms with E-state index >= 15 is 0 Å². The molecule has 1 heterocycles. The fourth-order valence-corrected chi connectivity index (χ4v) is 2.25. The van der Waals surface area contributed by atoms with Crippen molar-refractivity contribution in [3.05, 3.63) is 30.0 Å². The third kappa shape index (κ3) is 3.52. The van der Waals surface area contributed by atoms with E-state index in [1.165, 1.54) is 0 Å². The van der Waals surface area contributed by atoms with E-state index in [-0.39, 0.29) is 12.0 Å². The summed E-state index contributed by atoms with van der Waals surface area (Å²) < 4.78 is 11.1. The summed E-state index contributed by atoms with van der Waals surface area (Å²) in [6, 6.07) is 7.90. The number of aliphatic hydroxyl groups excluding tert-OH is 1. The van der Waals surface area contributed by atoms with Crippen molar-refractivity contribution in [1.82, 2.24) is 5.32 Å². The van der Waals surface area contributed by atoms with Gasteiger partial charge in [0, 0.05) is 18.5 Å². The zero-order valence-corrected chi connectivity index (χ0v) is 12.4. The maximum atomic E-state index is 9.01. The fourth-order valence-electron chi connectivity index (χ4n) is 2.25. The first-order chi connectivity index (χ1) is 9.55. The average molecular weight is 277 g/mol. The first-order valence-electron chi connectivity index (χ1n) is 6.93. The molecule has 2 N–H and O–H groups in total. The van der Waals surface area contributed by atoms with Gasteiger partial charge < -0.3 is 19.6 Å². The van der Waals surface area contributed by atoms with Crippen LogP contribution in [0.1, 0.15) is 26.0 Å². The highest BCUT2D eigenvalue weighted by Crippen LogP contribution is 2.28. The Bertz CT molecular complexity index is 560. The summed E-state index contributed by atoms with van der Waals surface area (Å²) in [5.74, 6) is 1.65. The van der Waals surface area contributed by atoms with Crippen molar-refractivity contribution >= 4 is 11.0 Å². The molecule has 0 amide bonds. The lowest BCUT2D eigenvalue weighted by atomic mass is 9.90. The third-order valence-electron chi connectivity index (χ3n) is 3.47. The molecule has 0 bridgehead atoms. The second kappa shape index (κ2) is 6.29. The molecule has 0 aliphatic rings. The zero-order chi connectivity index (χ0) is 14.6. The van der Waals surface area contributed by atoms with E-state index in [4.69, 9.17) is 14.3 Å². The van der Waals surface area contributed by atoms with Crippen LogP contribution in [0, 0.1) is 5.41 Å². The number of aliphatic hydroxyl groups is 1. The Morgan fingerprint density at radius 3 is 2.85 bits per heavy atom. The monoisotopic (exact) mass is 277 g/mol. The molecule has 4 heteroatoms. The van der Waals surface area contributed by atoms with Gasteiger partial charge in [0.15, 0.2) is 11.3 Å². The van der Waals surface area contributed by atoms with Gasteiger partial charge in [-0.25, -0.2) is 0 Å². The highest BCUT2D eigenvalue weighted by atomic mass is 16.5. The van der Waals surface area contributed by atoms with Crippen molar-refractivity contribution in [2.75, 3.05) is 20.3 Å². The second-order valence-corrected chi connectivity index (χ2v) is 5.83. The summed E-state index contributed by atoms with van der Waals surface area (Å²) in [6.07, 6.45) is 0.786. The Balaban J connectivity index is 2.00. The lowest BCUT2D eigenvalue weighted by Crippen LogP contribution is -2.29. The largest absolute Gasteiger partial charge is 0.493 e. The lowest BCUT2D eigenvalue weighted by Gasteiger charge is -2.23. The van der Waals surface area contributed by atoms with Crippen LogP contribution in [0.5, 0.6) is 5.75 Å². The van der Waals surface area contributed by atoms with Crippen molar-refractivity contribution in [2.45, 2.75) is 26.8 Å². The summed E-state index contributed by atoms with van der Waals surface area (Å²) in [4.78, 5) is 0. The molecule has 0 saturated heterocycles. The van der Waals surface area contributed by atoms with Crippen molar-refractivity contribution in [3.63, 3.8) is 0 Å². The minimum atomic E-state index is 0.0818. The van der Waals surface area contributed by atoms with Crippen molar-refractivity contribution in [1.29, 1.82) is 0 Å². The van der Waals surface area contributed by atoms with Gasteiger partial charge in [-0.1, -0.05) is 26.0 Å². The molecule has 0 atom stereocenters. The number of fused-ring (bicyclic) bond motifs is 1. The van der Waals surface area contributed by atoms with Crippen LogP contribution in [-0.4, -0.2) is 25.4 Å². The third-order valence-corrected chi connectivity index (χ3v) is 3.47. The Morgan fingerprint density at radius 2 is 2.15 bits per heavy atom. The number of para-hydroxylation sites is 1. The van der Waals surface area contributed by atoms with Gasteiger partial charge in [0.1, 0.15) is 5.76 Å². The van der Waals surface area contributed by atoms with Gasteiger partial charge in [0.25, 0.3) is 0 Å². The average Bonchev–Trinajstić information content (AvgIpc) is 2.80. The van der Waals surface area contributed by atoms with Gasteiger partial charge in [-0.15, -0.1) is 0 Å². The highest BCUT2D eigenvalue weighted by Gasteiger charge is 2.17. The molecular formula is C16H23NO3. The molecule has 4 nitrogen and oxygen atoms in total. The second-order valence-electron chi connectivity index (χ2n) is 5.83. The predicted octanol–water partition coefficient (Wildman–Crippen LogP) is 2.94. The summed E-state index contributed by atoms with van der Waals surface area (Å²) in [5, 5.41) is 13.4. The van der Waals surface area contributed by atoms with E-state index in [0.717, 1.165) is 35.4 Å². The van der Waals surface area contributed by atoms with Gasteiger partial charge in [0.2, 0.25) is 0 Å². The van der Waals surface area contributed by atoms with E-state index < -0.39 is 0 Å². The van der Waals surface area contributed by atoms with E-state index in [0.29, 0.717) is 6.54 Å². The topological polar surface area (TPSA) is 54.6 Å². The molecule has 2 aromatic rings. The number of methoxy groups -OCH3 is 1. The maximum absolute atomic E-state index is 9.01. The molecule has 0 unspecified atom stereocenters. The van der Waals surface area contributed by atoms with Crippen LogP contribution >= 0.6 is 0 Å². The van der Waals surface area contributed by atoms with E-state index in [1.54, 1.807) is 7.11 Å². The van der Waals surface area contributed by atoms with Crippen molar-refractivity contribution in [3.8, 4) is 5.75 Å². The van der Waals surface area contributed by atoms with E-state index in [2.05, 4.69) is 19.2 Å². The van der Waals surface area contributed by atoms with Crippen LogP contribution < -0.4 is 10.1 Å². The summed E-state index contributed by atoms with van der Waals surface area (Å²) in [7, 11) is 1.65. The smallest absolute Gasteiger partial charge is 0.176 e. The van der Waals surface area contributed by atoms with Gasteiger partial charge in [-0.3, -0.25) is 0 Å². The van der Waals surface area contributed by atoms with Crippen LogP contribution in [0.4, 0.5) is 0 Å². The van der Waals surface area contributed by atoms with Crippen LogP contribution in [0.25, 0.3) is 11.0 Å². The summed E-state index contributed by atoms with van der Waals surface area (Å²) >= 11 is 0. The van der Waals surface area contributed by atoms with Crippen LogP contribution in [0.15, 0.2) is 28.7 Å². The molecule has 2 rings (SSSR count). The minimum Gasteiger partial charge on any atom is -0.493 e. The van der Waals surface area contributed by atoms with Gasteiger partial charge >= 0.3 is 0 Å². The number of ether oxygens (including phenoxy) is 1. The first kappa shape index (κ1) is 14.9. The molecule has 110 valence electrons. The van der Waals surface area contributed by atoms with Gasteiger partial charge in [-0.05, 0) is 24.0 Å². The highest BCUT2D eigenvalue weighted by molar-refractivity contribution is 5.83. The number of hydrogen-bond donors (Lipinski definition) is 2. The SMILES string of the molecule is COc1cccc2cc(CNCC(C)(C)CCO)oc12. The molecule has 0 spiro atoms. The number of benzene rings is 1. The standard InChI is InChI=1S/C16H23NO3/c1-16(2,7-8-18)11-17-10-13-9-12-5-4-6-14(19-3)15(12)20-13/h4-6,9,17-18H,7-8,10-11H2,1-3H3. The van der Waals surface area contributed by atoms with Gasteiger partial charge in [0.05, 0.1) is 13.7 Å². The molecule has 0 saturated carbocycles. The first-order valence-corrected chi connectivity index (χ1v) is 6.93. The van der Waals surface area contributed by atoms with E-state index in [9.17, 15) is 0 Å². The molecule has 1 aromatic heterocycles. The Morgan fingerprint density at radius 1 is 1.35 bits per heavy atom. The lowest BCUT2D eigenvalue weighted by molar-refractivity contribution is 0.206. The molecule has 0 aliphatic heterocycles. The molecule has 1 aromatic carbocycles. The minimum absolute atomic E-state index is 0.0818. The Labute approximate surface area is 119 Å². The van der Waals surface area contributed by atoms with Gasteiger partial charge in [-0.2, -0.15) is 0 Å². The number of hydrogen-bond acceptors (Lipinski definition) is 4. The number of nitrogens with one attached hydrogen (secondary N) is 1. The fraction of sp³-hybridized carbons (Fsp3) is 0.500. The normalized spacial score (nSPS) is 12.0. The molecule has 0 fully saturated rings. The van der Waals surface area contributed by atoms with Crippen LogP contribution in [-0.2, 0) is 6.54 Å². The van der Waals surface area contributed by atoms with Crippen molar-refractivity contribution < 1.29 is 14.3 Å². The number of furan rings is 1. The van der Waals surface area contributed by atoms with Crippen molar-refractivity contribution in [2.24, 2.45) is 5.41 Å². The Kier molecular flexibility index (Phi) is 4.68. The van der Waals surface area contributed by atoms with Crippen LogP contribution in [0.2, 0.25) is 0 Å². The maximum Gasteiger partial charge on any atom is 0.176 e. The molecule has 0 radical (unpaired) electrons. The van der Waals surface area contributed by atoms with Crippen LogP contribution in [0.3, 0.4) is 0 Å². The number of rotatable bonds is 7. The molecular weight excluding hydrogens is 254 g/mol. The predicted molar refractivity (Wildman–Crippen MR) is 80.0 cm³/mol. The summed E-state index contributed by atoms with van der Waals surface area (Å²) in [5.41, 5.74) is 0.875. The molecule has 0 aliphatic carbocycles.